The van der Waals surface area contributed by atoms with Crippen LogP contribution in [0.2, 0.25) is 0 Å². The van der Waals surface area contributed by atoms with E-state index in [2.05, 4.69) is 17.5 Å². The summed E-state index contributed by atoms with van der Waals surface area (Å²) >= 11 is 4.13. The molecule has 0 aliphatic carbocycles. The van der Waals surface area contributed by atoms with Crippen molar-refractivity contribution in [3.05, 3.63) is 29.3 Å². The predicted octanol–water partition coefficient (Wildman–Crippen LogP) is 1.09. The van der Waals surface area contributed by atoms with E-state index in [1.807, 2.05) is 18.2 Å². The summed E-state index contributed by atoms with van der Waals surface area (Å²) in [6.07, 6.45) is 0. The van der Waals surface area contributed by atoms with Crippen molar-refractivity contribution in [2.45, 2.75) is 12.4 Å². The van der Waals surface area contributed by atoms with E-state index in [1.54, 1.807) is 0 Å². The van der Waals surface area contributed by atoms with Gasteiger partial charge in [0.15, 0.2) is 0 Å². The highest BCUT2D eigenvalue weighted by Crippen LogP contribution is 2.16. The first-order valence-corrected chi connectivity index (χ1v) is 4.21. The van der Waals surface area contributed by atoms with Crippen molar-refractivity contribution >= 4 is 18.3 Å². The third-order valence-corrected chi connectivity index (χ3v) is 1.97. The molecule has 1 rings (SSSR count). The highest BCUT2D eigenvalue weighted by molar-refractivity contribution is 7.79. The van der Waals surface area contributed by atoms with Crippen LogP contribution in [0.1, 0.15) is 11.1 Å². The van der Waals surface area contributed by atoms with Crippen molar-refractivity contribution in [1.29, 1.82) is 0 Å². The number of rotatable bonds is 3. The molecule has 0 aliphatic rings. The molecule has 0 aliphatic heterocycles. The molecule has 12 heavy (non-hydrogen) atoms. The molecular weight excluding hydrogens is 172 g/mol. The second kappa shape index (κ2) is 4.35. The van der Waals surface area contributed by atoms with Crippen LogP contribution in [0.15, 0.2) is 18.2 Å². The van der Waals surface area contributed by atoms with Gasteiger partial charge in [-0.1, -0.05) is 12.1 Å². The lowest BCUT2D eigenvalue weighted by atomic mass is 10.1. The van der Waals surface area contributed by atoms with Gasteiger partial charge in [-0.05, 0) is 17.2 Å². The number of hydrogen-bond donors (Lipinski definition) is 3. The Morgan fingerprint density at radius 2 is 2.17 bits per heavy atom. The fraction of sp³-hybridized carbons (Fsp3) is 0.250. The van der Waals surface area contributed by atoms with Crippen LogP contribution in [-0.2, 0) is 17.2 Å². The van der Waals surface area contributed by atoms with E-state index in [9.17, 15) is 0 Å². The summed E-state index contributed by atoms with van der Waals surface area (Å²) in [6, 6.07) is 5.70. The molecule has 0 amide bonds. The second-order valence-corrected chi connectivity index (χ2v) is 2.82. The molecule has 1 aromatic carbocycles. The summed E-state index contributed by atoms with van der Waals surface area (Å²) < 4.78 is 0. The molecule has 0 unspecified atom stereocenters. The fourth-order valence-corrected chi connectivity index (χ4v) is 1.26. The molecule has 0 saturated heterocycles. The Kier molecular flexibility index (Phi) is 3.40. The van der Waals surface area contributed by atoms with Crippen molar-refractivity contribution in [1.82, 2.24) is 0 Å². The minimum absolute atomic E-state index is 0.386. The predicted molar refractivity (Wildman–Crippen MR) is 52.5 cm³/mol. The van der Waals surface area contributed by atoms with Crippen LogP contribution < -0.4 is 11.6 Å². The second-order valence-electron chi connectivity index (χ2n) is 2.50. The molecule has 66 valence electrons. The molecular formula is C8H12N2OS. The minimum Gasteiger partial charge on any atom is -0.398 e. The number of hydrogen-bond acceptors (Lipinski definition) is 4. The van der Waals surface area contributed by atoms with Gasteiger partial charge < -0.3 is 5.73 Å². The zero-order chi connectivity index (χ0) is 8.97. The number of anilines is 1. The zero-order valence-electron chi connectivity index (χ0n) is 6.66. The van der Waals surface area contributed by atoms with Gasteiger partial charge in [-0.2, -0.15) is 12.6 Å². The Labute approximate surface area is 77.1 Å². The van der Waals surface area contributed by atoms with Crippen LogP contribution in [-0.4, -0.2) is 0 Å². The summed E-state index contributed by atoms with van der Waals surface area (Å²) in [5, 5.41) is 0. The van der Waals surface area contributed by atoms with E-state index >= 15 is 0 Å². The van der Waals surface area contributed by atoms with Gasteiger partial charge in [0, 0.05) is 11.4 Å². The van der Waals surface area contributed by atoms with Crippen LogP contribution in [0.4, 0.5) is 5.69 Å². The molecule has 0 aromatic heterocycles. The molecule has 3 nitrogen and oxygen atoms in total. The minimum atomic E-state index is 0.386. The van der Waals surface area contributed by atoms with Gasteiger partial charge in [0.2, 0.25) is 0 Å². The van der Waals surface area contributed by atoms with Gasteiger partial charge in [-0.15, -0.1) is 0 Å². The van der Waals surface area contributed by atoms with E-state index in [4.69, 9.17) is 11.6 Å². The fourth-order valence-electron chi connectivity index (χ4n) is 0.974. The van der Waals surface area contributed by atoms with E-state index in [-0.39, 0.29) is 0 Å². The third kappa shape index (κ3) is 2.14. The lowest BCUT2D eigenvalue weighted by Crippen LogP contribution is -2.00. The molecule has 4 heteroatoms. The normalized spacial score (nSPS) is 10.2. The summed E-state index contributed by atoms with van der Waals surface area (Å²) in [5.41, 5.74) is 8.45. The molecule has 0 bridgehead atoms. The number of nitrogen functional groups attached to an aromatic ring is 1. The van der Waals surface area contributed by atoms with Gasteiger partial charge in [0.05, 0.1) is 6.61 Å². The average molecular weight is 184 g/mol. The van der Waals surface area contributed by atoms with E-state index < -0.39 is 0 Å². The standard InChI is InChI=1S/C8H12N2OS/c9-8-3-6(4-11-10)1-2-7(8)5-12/h1-3,12H,4-5,9-10H2. The highest BCUT2D eigenvalue weighted by atomic mass is 32.1. The molecule has 0 radical (unpaired) electrons. The van der Waals surface area contributed by atoms with Crippen molar-refractivity contribution in [3.8, 4) is 0 Å². The summed E-state index contributed by atoms with van der Waals surface area (Å²) in [6.45, 7) is 0.386. The number of benzene rings is 1. The summed E-state index contributed by atoms with van der Waals surface area (Å²) in [7, 11) is 0. The molecule has 4 N–H and O–H groups in total. The maximum absolute atomic E-state index is 5.72. The van der Waals surface area contributed by atoms with Crippen LogP contribution in [0, 0.1) is 0 Å². The van der Waals surface area contributed by atoms with Crippen molar-refractivity contribution in [3.63, 3.8) is 0 Å². The molecule has 0 fully saturated rings. The summed E-state index contributed by atoms with van der Waals surface area (Å²) in [4.78, 5) is 4.48. The van der Waals surface area contributed by atoms with Gasteiger partial charge in [0.25, 0.3) is 0 Å². The first kappa shape index (κ1) is 9.38. The van der Waals surface area contributed by atoms with Gasteiger partial charge in [-0.25, -0.2) is 5.90 Å². The maximum Gasteiger partial charge on any atom is 0.0930 e. The molecule has 0 atom stereocenters. The maximum atomic E-state index is 5.72. The van der Waals surface area contributed by atoms with E-state index in [0.717, 1.165) is 16.8 Å². The first-order valence-electron chi connectivity index (χ1n) is 3.57. The molecule has 0 saturated carbocycles. The molecule has 0 spiro atoms. The van der Waals surface area contributed by atoms with E-state index in [0.29, 0.717) is 12.4 Å². The Morgan fingerprint density at radius 1 is 1.42 bits per heavy atom. The highest BCUT2D eigenvalue weighted by Gasteiger charge is 1.98. The zero-order valence-corrected chi connectivity index (χ0v) is 7.55. The van der Waals surface area contributed by atoms with Gasteiger partial charge in [-0.3, -0.25) is 4.84 Å². The SMILES string of the molecule is NOCc1ccc(CS)c(N)c1. The largest absolute Gasteiger partial charge is 0.398 e. The number of thiol groups is 1. The topological polar surface area (TPSA) is 61.3 Å². The van der Waals surface area contributed by atoms with Crippen LogP contribution in [0.3, 0.4) is 0 Å². The van der Waals surface area contributed by atoms with Crippen molar-refractivity contribution in [2.75, 3.05) is 5.73 Å². The van der Waals surface area contributed by atoms with Gasteiger partial charge >= 0.3 is 0 Å². The Bertz CT molecular complexity index is 265. The first-order chi connectivity index (χ1) is 5.77. The van der Waals surface area contributed by atoms with Crippen LogP contribution in [0.5, 0.6) is 0 Å². The van der Waals surface area contributed by atoms with Gasteiger partial charge in [0.1, 0.15) is 0 Å². The van der Waals surface area contributed by atoms with Crippen LogP contribution >= 0.6 is 12.6 Å². The molecule has 0 heterocycles. The van der Waals surface area contributed by atoms with Crippen molar-refractivity contribution in [2.24, 2.45) is 5.90 Å². The Hall–Kier alpha value is -0.710. The smallest absolute Gasteiger partial charge is 0.0930 e. The Morgan fingerprint density at radius 3 is 2.67 bits per heavy atom. The summed E-state index contributed by atoms with van der Waals surface area (Å²) in [5.74, 6) is 5.57. The molecule has 1 aromatic rings. The lowest BCUT2D eigenvalue weighted by molar-refractivity contribution is 0.124. The van der Waals surface area contributed by atoms with E-state index in [1.165, 1.54) is 0 Å². The number of nitrogens with two attached hydrogens (primary N) is 2. The third-order valence-electron chi connectivity index (χ3n) is 1.63. The average Bonchev–Trinajstić information content (AvgIpc) is 2.05. The van der Waals surface area contributed by atoms with Crippen molar-refractivity contribution < 1.29 is 4.84 Å². The van der Waals surface area contributed by atoms with Crippen LogP contribution in [0.25, 0.3) is 0 Å². The monoisotopic (exact) mass is 184 g/mol. The lowest BCUT2D eigenvalue weighted by Gasteiger charge is -2.04. The Balaban J connectivity index is 2.86. The quantitative estimate of drug-likeness (QED) is 0.374.